The first kappa shape index (κ1) is 27.0. The zero-order chi connectivity index (χ0) is 27.7. The van der Waals surface area contributed by atoms with Crippen LogP contribution < -0.4 is 10.2 Å². The molecule has 7 N–H and O–H groups in total. The Kier molecular flexibility index (Phi) is 7.64. The van der Waals surface area contributed by atoms with Gasteiger partial charge in [0.05, 0.1) is 6.61 Å². The van der Waals surface area contributed by atoms with Crippen molar-refractivity contribution in [1.29, 1.82) is 0 Å². The fraction of sp³-hybridized carbons (Fsp3) is 0.360. The number of phenols is 4. The molecule has 1 fully saturated rings. The van der Waals surface area contributed by atoms with E-state index in [0.717, 1.165) is 24.3 Å². The van der Waals surface area contributed by atoms with E-state index in [1.807, 2.05) is 6.92 Å². The van der Waals surface area contributed by atoms with Crippen molar-refractivity contribution in [1.82, 2.24) is 0 Å². The second-order valence-electron chi connectivity index (χ2n) is 8.67. The minimum absolute atomic E-state index is 0.0148. The molecule has 3 aromatic rings. The van der Waals surface area contributed by atoms with Crippen molar-refractivity contribution in [3.8, 4) is 40.1 Å². The molecule has 1 aliphatic rings. The lowest BCUT2D eigenvalue weighted by molar-refractivity contribution is -0.272. The molecule has 13 nitrogen and oxygen atoms in total. The Morgan fingerprint density at radius 2 is 1.68 bits per heavy atom. The number of benzene rings is 2. The average molecular weight is 534 g/mol. The number of fused-ring (bicyclic) bond motifs is 1. The summed E-state index contributed by atoms with van der Waals surface area (Å²) in [6, 6.07) is 5.29. The summed E-state index contributed by atoms with van der Waals surface area (Å²) >= 11 is 0. The first-order chi connectivity index (χ1) is 18.0. The molecule has 0 spiro atoms. The van der Waals surface area contributed by atoms with E-state index in [-0.39, 0.29) is 23.5 Å². The Labute approximate surface area is 214 Å². The maximum Gasteiger partial charge on any atom is 0.338 e. The third-order valence-electron chi connectivity index (χ3n) is 5.93. The second-order valence-corrected chi connectivity index (χ2v) is 8.67. The number of carbonyl (C=O) groups excluding carboxylic acids is 1. The van der Waals surface area contributed by atoms with Gasteiger partial charge < -0.3 is 54.4 Å². The highest BCUT2D eigenvalue weighted by atomic mass is 16.7. The molecular weight excluding hydrogens is 508 g/mol. The highest BCUT2D eigenvalue weighted by Gasteiger charge is 2.49. The number of hydrogen-bond donors (Lipinski definition) is 7. The maximum absolute atomic E-state index is 13.4. The van der Waals surface area contributed by atoms with Crippen molar-refractivity contribution in [2.24, 2.45) is 0 Å². The number of rotatable bonds is 7. The van der Waals surface area contributed by atoms with Gasteiger partial charge in [-0.25, -0.2) is 4.79 Å². The lowest BCUT2D eigenvalue weighted by atomic mass is 9.99. The number of phenolic OH excluding ortho intramolecular Hbond substituents is 4. The molecule has 2 aromatic carbocycles. The summed E-state index contributed by atoms with van der Waals surface area (Å²) in [6.07, 6.45) is -8.25. The molecule has 13 heteroatoms. The summed E-state index contributed by atoms with van der Waals surface area (Å²) in [4.78, 5) is 25.9. The van der Waals surface area contributed by atoms with Crippen molar-refractivity contribution in [2.75, 3.05) is 6.61 Å². The van der Waals surface area contributed by atoms with Crippen LogP contribution in [0.5, 0.6) is 28.7 Å². The van der Waals surface area contributed by atoms with Crippen LogP contribution in [-0.4, -0.2) is 79.0 Å². The Hall–Kier alpha value is -4.04. The van der Waals surface area contributed by atoms with E-state index < -0.39 is 76.2 Å². The fourth-order valence-electron chi connectivity index (χ4n) is 3.89. The molecule has 1 saturated heterocycles. The number of carbonyl (C=O) groups is 1. The molecule has 38 heavy (non-hydrogen) atoms. The minimum atomic E-state index is -1.96. The molecule has 5 atom stereocenters. The van der Waals surface area contributed by atoms with Gasteiger partial charge in [-0.3, -0.25) is 4.79 Å². The zero-order valence-electron chi connectivity index (χ0n) is 20.0. The lowest BCUT2D eigenvalue weighted by Crippen LogP contribution is -2.61. The standard InChI is InChI=1S/C25H26O13/c1-2-3-6-35-24(34)23-19(32)18(31)20(33)25(38-23)37-22-17(30)16-14(29)8-11(26)9-15(16)36-21(22)10-4-5-12(27)13(28)7-10/h4-5,7-9,18-20,23,25-29,31-33H,2-3,6H2,1H3/t18-,19-,20?,23?,25+/m0/s1. The molecule has 0 amide bonds. The number of aromatic hydroxyl groups is 4. The fourth-order valence-corrected chi connectivity index (χ4v) is 3.89. The van der Waals surface area contributed by atoms with Crippen LogP contribution in [0.1, 0.15) is 19.8 Å². The van der Waals surface area contributed by atoms with Gasteiger partial charge >= 0.3 is 5.97 Å². The van der Waals surface area contributed by atoms with Crippen molar-refractivity contribution in [3.05, 3.63) is 40.6 Å². The highest BCUT2D eigenvalue weighted by molar-refractivity contribution is 5.88. The van der Waals surface area contributed by atoms with Gasteiger partial charge in [0.1, 0.15) is 40.8 Å². The number of aliphatic hydroxyl groups is 3. The number of aliphatic hydroxyl groups excluding tert-OH is 3. The second kappa shape index (κ2) is 10.8. The summed E-state index contributed by atoms with van der Waals surface area (Å²) in [5.41, 5.74) is -1.30. The lowest BCUT2D eigenvalue weighted by Gasteiger charge is -2.39. The van der Waals surface area contributed by atoms with Crippen LogP contribution in [-0.2, 0) is 14.3 Å². The molecule has 0 radical (unpaired) electrons. The van der Waals surface area contributed by atoms with Crippen molar-refractivity contribution in [2.45, 2.75) is 50.5 Å². The van der Waals surface area contributed by atoms with Gasteiger partial charge in [0.2, 0.25) is 17.5 Å². The molecule has 4 rings (SSSR count). The molecule has 0 saturated carbocycles. The normalized spacial score (nSPS) is 23.3. The van der Waals surface area contributed by atoms with Crippen molar-refractivity contribution >= 4 is 16.9 Å². The van der Waals surface area contributed by atoms with Crippen LogP contribution >= 0.6 is 0 Å². The Morgan fingerprint density at radius 1 is 0.947 bits per heavy atom. The molecule has 0 aliphatic carbocycles. The van der Waals surface area contributed by atoms with E-state index in [0.29, 0.717) is 12.8 Å². The van der Waals surface area contributed by atoms with E-state index in [1.165, 1.54) is 6.07 Å². The number of ether oxygens (including phenoxy) is 3. The summed E-state index contributed by atoms with van der Waals surface area (Å²) in [7, 11) is 0. The van der Waals surface area contributed by atoms with Crippen LogP contribution in [0.15, 0.2) is 39.5 Å². The van der Waals surface area contributed by atoms with Crippen LogP contribution in [0, 0.1) is 0 Å². The van der Waals surface area contributed by atoms with E-state index in [2.05, 4.69) is 0 Å². The van der Waals surface area contributed by atoms with Gasteiger partial charge in [-0.05, 0) is 24.6 Å². The van der Waals surface area contributed by atoms with Crippen LogP contribution in [0.25, 0.3) is 22.3 Å². The van der Waals surface area contributed by atoms with Crippen molar-refractivity contribution in [3.63, 3.8) is 0 Å². The molecule has 204 valence electrons. The molecule has 2 heterocycles. The smallest absolute Gasteiger partial charge is 0.338 e. The summed E-state index contributed by atoms with van der Waals surface area (Å²) in [5.74, 6) is -4.28. The molecular formula is C25H26O13. The van der Waals surface area contributed by atoms with Crippen LogP contribution in [0.3, 0.4) is 0 Å². The minimum Gasteiger partial charge on any atom is -0.508 e. The Morgan fingerprint density at radius 3 is 2.37 bits per heavy atom. The SMILES string of the molecule is CCCCOC(=O)C1O[C@@H](Oc2c(-c3ccc(O)c(O)c3)oc3cc(O)cc(O)c3c2=O)C(O)[C@@H](O)[C@@H]1O. The van der Waals surface area contributed by atoms with Crippen LogP contribution in [0.2, 0.25) is 0 Å². The number of hydrogen-bond acceptors (Lipinski definition) is 13. The van der Waals surface area contributed by atoms with Crippen molar-refractivity contribution < 1.29 is 59.2 Å². The van der Waals surface area contributed by atoms with E-state index in [4.69, 9.17) is 18.6 Å². The first-order valence-electron chi connectivity index (χ1n) is 11.6. The number of esters is 1. The van der Waals surface area contributed by atoms with Gasteiger partial charge in [-0.1, -0.05) is 13.3 Å². The van der Waals surface area contributed by atoms with Gasteiger partial charge in [0.25, 0.3) is 0 Å². The molecule has 2 unspecified atom stereocenters. The Balaban J connectivity index is 1.80. The number of unbranched alkanes of at least 4 members (excludes halogenated alkanes) is 1. The topological polar surface area (TPSA) is 217 Å². The summed E-state index contributed by atoms with van der Waals surface area (Å²) in [6.45, 7) is 1.88. The van der Waals surface area contributed by atoms with E-state index >= 15 is 0 Å². The molecule has 1 aromatic heterocycles. The largest absolute Gasteiger partial charge is 0.508 e. The average Bonchev–Trinajstić information content (AvgIpc) is 2.86. The monoisotopic (exact) mass is 534 g/mol. The molecule has 1 aliphatic heterocycles. The van der Waals surface area contributed by atoms with Gasteiger partial charge in [-0.15, -0.1) is 0 Å². The highest BCUT2D eigenvalue weighted by Crippen LogP contribution is 2.39. The first-order valence-corrected chi connectivity index (χ1v) is 11.6. The summed E-state index contributed by atoms with van der Waals surface area (Å²) < 4.78 is 21.7. The predicted molar refractivity (Wildman–Crippen MR) is 128 cm³/mol. The predicted octanol–water partition coefficient (Wildman–Crippen LogP) is 0.812. The van der Waals surface area contributed by atoms with Gasteiger partial charge in [-0.2, -0.15) is 0 Å². The summed E-state index contributed by atoms with van der Waals surface area (Å²) in [5, 5.41) is 70.5. The van der Waals surface area contributed by atoms with Gasteiger partial charge in [0, 0.05) is 17.7 Å². The quantitative estimate of drug-likeness (QED) is 0.127. The van der Waals surface area contributed by atoms with E-state index in [9.17, 15) is 45.3 Å². The Bertz CT molecular complexity index is 1400. The third-order valence-corrected chi connectivity index (χ3v) is 5.93. The molecule has 0 bridgehead atoms. The zero-order valence-corrected chi connectivity index (χ0v) is 20.0. The maximum atomic E-state index is 13.4. The van der Waals surface area contributed by atoms with Crippen LogP contribution in [0.4, 0.5) is 0 Å². The van der Waals surface area contributed by atoms with Gasteiger partial charge in [0.15, 0.2) is 23.4 Å². The third kappa shape index (κ3) is 5.04. The van der Waals surface area contributed by atoms with E-state index in [1.54, 1.807) is 0 Å².